The quantitative estimate of drug-likeness (QED) is 0.419. The van der Waals surface area contributed by atoms with E-state index in [1.807, 2.05) is 19.2 Å². The van der Waals surface area contributed by atoms with E-state index < -0.39 is 0 Å². The highest BCUT2D eigenvalue weighted by molar-refractivity contribution is 5.26. The Bertz CT molecular complexity index is 471. The first-order valence-corrected chi connectivity index (χ1v) is 11.1. The molecular weight excluding hydrogens is 334 g/mol. The van der Waals surface area contributed by atoms with Crippen LogP contribution in [-0.4, -0.2) is 43.9 Å². The molecule has 0 unspecified atom stereocenters. The molecule has 27 heavy (non-hydrogen) atoms. The van der Waals surface area contributed by atoms with Gasteiger partial charge in [-0.25, -0.2) is 0 Å². The van der Waals surface area contributed by atoms with Gasteiger partial charge in [0.1, 0.15) is 5.75 Å². The molecule has 4 N–H and O–H groups in total. The van der Waals surface area contributed by atoms with Crippen molar-refractivity contribution in [3.05, 3.63) is 29.8 Å². The van der Waals surface area contributed by atoms with Gasteiger partial charge < -0.3 is 21.1 Å². The van der Waals surface area contributed by atoms with E-state index >= 15 is 0 Å². The molecule has 0 heterocycles. The number of phenolic OH excluding ortho intramolecular Hbond substituents is 1. The summed E-state index contributed by atoms with van der Waals surface area (Å²) >= 11 is 0. The Kier molecular flexibility index (Phi) is 10.8. The molecule has 4 nitrogen and oxygen atoms in total. The Labute approximate surface area is 166 Å². The van der Waals surface area contributed by atoms with E-state index in [4.69, 9.17) is 0 Å². The highest BCUT2D eigenvalue weighted by Gasteiger charge is 2.17. The lowest BCUT2D eigenvalue weighted by molar-refractivity contribution is 0.361. The van der Waals surface area contributed by atoms with Crippen molar-refractivity contribution in [3.8, 4) is 5.75 Å². The number of hydrogen-bond donors (Lipinski definition) is 4. The van der Waals surface area contributed by atoms with Crippen molar-refractivity contribution in [1.29, 1.82) is 0 Å². The van der Waals surface area contributed by atoms with Crippen LogP contribution in [0.25, 0.3) is 0 Å². The minimum Gasteiger partial charge on any atom is -0.508 e. The first kappa shape index (κ1) is 22.2. The molecular formula is C23H41N3O. The summed E-state index contributed by atoms with van der Waals surface area (Å²) in [7, 11) is 2.03. The molecule has 0 bridgehead atoms. The minimum atomic E-state index is 0.344. The van der Waals surface area contributed by atoms with Crippen LogP contribution in [0.4, 0.5) is 0 Å². The predicted molar refractivity (Wildman–Crippen MR) is 115 cm³/mol. The van der Waals surface area contributed by atoms with E-state index in [1.165, 1.54) is 56.9 Å². The van der Waals surface area contributed by atoms with Crippen molar-refractivity contribution in [3.63, 3.8) is 0 Å². The molecule has 2 rings (SSSR count). The monoisotopic (exact) mass is 375 g/mol. The zero-order valence-electron chi connectivity index (χ0n) is 17.5. The van der Waals surface area contributed by atoms with E-state index in [9.17, 15) is 5.11 Å². The Morgan fingerprint density at radius 3 is 2.30 bits per heavy atom. The molecule has 1 fully saturated rings. The van der Waals surface area contributed by atoms with Crippen LogP contribution in [0.15, 0.2) is 24.3 Å². The normalized spacial score (nSPS) is 18.1. The second-order valence-electron chi connectivity index (χ2n) is 8.28. The first-order chi connectivity index (χ1) is 13.2. The maximum atomic E-state index is 9.55. The lowest BCUT2D eigenvalue weighted by Crippen LogP contribution is -2.47. The van der Waals surface area contributed by atoms with Gasteiger partial charge in [0, 0.05) is 25.2 Å². The zero-order chi connectivity index (χ0) is 19.3. The Morgan fingerprint density at radius 1 is 0.963 bits per heavy atom. The maximum Gasteiger partial charge on any atom is 0.115 e. The zero-order valence-corrected chi connectivity index (χ0v) is 17.5. The highest BCUT2D eigenvalue weighted by atomic mass is 16.3. The van der Waals surface area contributed by atoms with Gasteiger partial charge in [0.25, 0.3) is 0 Å². The lowest BCUT2D eigenvalue weighted by atomic mass is 9.99. The molecule has 1 aromatic carbocycles. The van der Waals surface area contributed by atoms with Crippen molar-refractivity contribution < 1.29 is 5.11 Å². The van der Waals surface area contributed by atoms with Gasteiger partial charge in [0.05, 0.1) is 0 Å². The summed E-state index contributed by atoms with van der Waals surface area (Å²) in [5, 5.41) is 20.5. The Balaban J connectivity index is 1.90. The molecule has 0 amide bonds. The molecule has 1 saturated carbocycles. The number of hydrogen-bond acceptors (Lipinski definition) is 4. The predicted octanol–water partition coefficient (Wildman–Crippen LogP) is 3.84. The number of likely N-dealkylation sites (N-methyl/N-ethyl adjacent to an activating group) is 1. The van der Waals surface area contributed by atoms with Crippen LogP contribution >= 0.6 is 0 Å². The molecule has 1 aliphatic carbocycles. The van der Waals surface area contributed by atoms with Crippen LogP contribution in [0.2, 0.25) is 0 Å². The minimum absolute atomic E-state index is 0.344. The molecule has 0 spiro atoms. The van der Waals surface area contributed by atoms with Crippen LogP contribution < -0.4 is 16.0 Å². The third-order valence-electron chi connectivity index (χ3n) is 5.83. The smallest absolute Gasteiger partial charge is 0.115 e. The Morgan fingerprint density at radius 2 is 1.67 bits per heavy atom. The fraction of sp³-hybridized carbons (Fsp3) is 0.739. The molecule has 0 radical (unpaired) electrons. The van der Waals surface area contributed by atoms with Crippen LogP contribution in [0.1, 0.15) is 63.9 Å². The molecule has 0 aromatic heterocycles. The molecule has 4 heteroatoms. The standard InChI is InChI=1S/C23H41N3O/c1-3-8-21(17-24-2)26-18-22(15-19-11-13-23(27)14-12-19)25-16-20-9-6-4-5-7-10-20/h11-14,20-22,24-27H,3-10,15-18H2,1-2H3/t21-,22+/m1/s1. The highest BCUT2D eigenvalue weighted by Crippen LogP contribution is 2.22. The van der Waals surface area contributed by atoms with Gasteiger partial charge >= 0.3 is 0 Å². The summed E-state index contributed by atoms with van der Waals surface area (Å²) in [5.74, 6) is 1.18. The maximum absolute atomic E-state index is 9.55. The van der Waals surface area contributed by atoms with Gasteiger partial charge in [-0.2, -0.15) is 0 Å². The molecule has 1 aromatic rings. The summed E-state index contributed by atoms with van der Waals surface area (Å²) in [5.41, 5.74) is 1.29. The summed E-state index contributed by atoms with van der Waals surface area (Å²) in [6, 6.07) is 8.65. The van der Waals surface area contributed by atoms with Crippen LogP contribution in [0.5, 0.6) is 5.75 Å². The average molecular weight is 376 g/mol. The van der Waals surface area contributed by atoms with E-state index in [0.29, 0.717) is 17.8 Å². The van der Waals surface area contributed by atoms with Crippen LogP contribution in [-0.2, 0) is 6.42 Å². The van der Waals surface area contributed by atoms with Gasteiger partial charge in [-0.15, -0.1) is 0 Å². The second kappa shape index (κ2) is 13.1. The van der Waals surface area contributed by atoms with Crippen molar-refractivity contribution in [2.75, 3.05) is 26.7 Å². The van der Waals surface area contributed by atoms with Gasteiger partial charge in [-0.1, -0.05) is 51.2 Å². The number of aromatic hydroxyl groups is 1. The molecule has 154 valence electrons. The topological polar surface area (TPSA) is 56.3 Å². The summed E-state index contributed by atoms with van der Waals surface area (Å²) in [6.45, 7) is 5.39. The van der Waals surface area contributed by atoms with Crippen LogP contribution in [0, 0.1) is 5.92 Å². The number of nitrogens with one attached hydrogen (secondary N) is 3. The van der Waals surface area contributed by atoms with E-state index in [0.717, 1.165) is 32.0 Å². The summed E-state index contributed by atoms with van der Waals surface area (Å²) in [4.78, 5) is 0. The van der Waals surface area contributed by atoms with Crippen molar-refractivity contribution >= 4 is 0 Å². The third kappa shape index (κ3) is 9.09. The largest absolute Gasteiger partial charge is 0.508 e. The fourth-order valence-corrected chi connectivity index (χ4v) is 4.21. The SMILES string of the molecule is CCC[C@H](CNC)NC[C@H](Cc1ccc(O)cc1)NCC1CCCCCC1. The second-order valence-corrected chi connectivity index (χ2v) is 8.28. The first-order valence-electron chi connectivity index (χ1n) is 11.1. The number of benzene rings is 1. The number of rotatable bonds is 12. The van der Waals surface area contributed by atoms with E-state index in [1.54, 1.807) is 12.1 Å². The number of phenols is 1. The van der Waals surface area contributed by atoms with Crippen molar-refractivity contribution in [2.24, 2.45) is 5.92 Å². The molecule has 2 atom stereocenters. The molecule has 0 saturated heterocycles. The van der Waals surface area contributed by atoms with Gasteiger partial charge in [-0.3, -0.25) is 0 Å². The lowest BCUT2D eigenvalue weighted by Gasteiger charge is -2.26. The third-order valence-corrected chi connectivity index (χ3v) is 5.83. The summed E-state index contributed by atoms with van der Waals surface area (Å²) in [6.07, 6.45) is 11.8. The van der Waals surface area contributed by atoms with E-state index in [2.05, 4.69) is 22.9 Å². The fourth-order valence-electron chi connectivity index (χ4n) is 4.21. The van der Waals surface area contributed by atoms with Gasteiger partial charge in [0.15, 0.2) is 0 Å². The van der Waals surface area contributed by atoms with Crippen LogP contribution in [0.3, 0.4) is 0 Å². The Hall–Kier alpha value is -1.10. The molecule has 1 aliphatic rings. The molecule has 0 aliphatic heterocycles. The van der Waals surface area contributed by atoms with Gasteiger partial charge in [0.2, 0.25) is 0 Å². The van der Waals surface area contributed by atoms with Crippen molar-refractivity contribution in [1.82, 2.24) is 16.0 Å². The average Bonchev–Trinajstić information content (AvgIpc) is 2.94. The summed E-state index contributed by atoms with van der Waals surface area (Å²) < 4.78 is 0. The van der Waals surface area contributed by atoms with Gasteiger partial charge in [-0.05, 0) is 62.9 Å². The van der Waals surface area contributed by atoms with E-state index in [-0.39, 0.29) is 0 Å². The van der Waals surface area contributed by atoms with Crippen molar-refractivity contribution in [2.45, 2.75) is 76.8 Å².